The Bertz CT molecular complexity index is 492. The Morgan fingerprint density at radius 2 is 2.05 bits per heavy atom. The Labute approximate surface area is 111 Å². The van der Waals surface area contributed by atoms with Gasteiger partial charge in [0.2, 0.25) is 0 Å². The van der Waals surface area contributed by atoms with Crippen molar-refractivity contribution in [3.8, 4) is 0 Å². The molecule has 1 rings (SSSR count). The molecule has 104 valence electrons. The Morgan fingerprint density at radius 3 is 2.58 bits per heavy atom. The van der Waals surface area contributed by atoms with E-state index in [1.165, 1.54) is 12.1 Å². The fraction of sp³-hybridized carbons (Fsp3) is 0.462. The van der Waals surface area contributed by atoms with Gasteiger partial charge in [0.1, 0.15) is 5.69 Å². The molecule has 1 aromatic rings. The number of nitro benzene ring substituents is 1. The summed E-state index contributed by atoms with van der Waals surface area (Å²) in [6.45, 7) is 6.39. The topological polar surface area (TPSA) is 95.5 Å². The number of hydrogen-bond donors (Lipinski definition) is 1. The summed E-state index contributed by atoms with van der Waals surface area (Å²) >= 11 is 0. The van der Waals surface area contributed by atoms with Crippen molar-refractivity contribution in [3.05, 3.63) is 33.9 Å². The lowest BCUT2D eigenvalue weighted by atomic mass is 9.93. The first-order chi connectivity index (χ1) is 8.70. The Kier molecular flexibility index (Phi) is 4.47. The van der Waals surface area contributed by atoms with Crippen LogP contribution in [-0.4, -0.2) is 17.5 Å². The maximum absolute atomic E-state index is 11.7. The molecule has 0 amide bonds. The van der Waals surface area contributed by atoms with Crippen LogP contribution in [0.1, 0.15) is 37.6 Å². The number of hydrogen-bond acceptors (Lipinski definition) is 5. The number of ether oxygens (including phenoxy) is 1. The van der Waals surface area contributed by atoms with Gasteiger partial charge in [-0.3, -0.25) is 10.1 Å². The maximum Gasteiger partial charge on any atom is 0.338 e. The number of carbonyl (C=O) groups is 1. The number of rotatable bonds is 4. The highest BCUT2D eigenvalue weighted by Crippen LogP contribution is 2.23. The second kappa shape index (κ2) is 5.69. The van der Waals surface area contributed by atoms with Crippen molar-refractivity contribution in [2.75, 3.05) is 12.3 Å². The second-order valence-corrected chi connectivity index (χ2v) is 5.48. The quantitative estimate of drug-likeness (QED) is 0.391. The van der Waals surface area contributed by atoms with Crippen LogP contribution in [0.2, 0.25) is 0 Å². The molecule has 0 aliphatic heterocycles. The highest BCUT2D eigenvalue weighted by atomic mass is 16.6. The number of nitro groups is 1. The average Bonchev–Trinajstić information content (AvgIpc) is 2.27. The number of carbonyl (C=O) groups excluding carboxylic acids is 1. The van der Waals surface area contributed by atoms with Crippen LogP contribution in [0.3, 0.4) is 0 Å². The van der Waals surface area contributed by atoms with Gasteiger partial charge in [-0.15, -0.1) is 0 Å². The molecule has 19 heavy (non-hydrogen) atoms. The number of anilines is 1. The average molecular weight is 266 g/mol. The summed E-state index contributed by atoms with van der Waals surface area (Å²) in [6.07, 6.45) is 0.718. The summed E-state index contributed by atoms with van der Waals surface area (Å²) in [4.78, 5) is 21.8. The Hall–Kier alpha value is -2.11. The molecule has 0 atom stereocenters. The van der Waals surface area contributed by atoms with Gasteiger partial charge in [-0.2, -0.15) is 0 Å². The number of benzene rings is 1. The van der Waals surface area contributed by atoms with E-state index in [0.717, 1.165) is 12.5 Å². The number of esters is 1. The Balaban J connectivity index is 2.73. The molecule has 0 saturated heterocycles. The van der Waals surface area contributed by atoms with E-state index >= 15 is 0 Å². The molecule has 0 fully saturated rings. The number of nitrogens with zero attached hydrogens (tertiary/aromatic N) is 1. The molecule has 0 spiro atoms. The zero-order valence-corrected chi connectivity index (χ0v) is 11.3. The molecule has 6 nitrogen and oxygen atoms in total. The van der Waals surface area contributed by atoms with Crippen molar-refractivity contribution in [3.63, 3.8) is 0 Å². The zero-order chi connectivity index (χ0) is 14.6. The zero-order valence-electron chi connectivity index (χ0n) is 11.3. The van der Waals surface area contributed by atoms with E-state index in [9.17, 15) is 14.9 Å². The Morgan fingerprint density at radius 1 is 1.42 bits per heavy atom. The molecule has 1 aromatic carbocycles. The smallest absolute Gasteiger partial charge is 0.338 e. The molecular weight excluding hydrogens is 248 g/mol. The van der Waals surface area contributed by atoms with Crippen molar-refractivity contribution in [2.45, 2.75) is 27.2 Å². The normalized spacial score (nSPS) is 11.1. The van der Waals surface area contributed by atoms with Crippen molar-refractivity contribution in [2.24, 2.45) is 5.41 Å². The third-order valence-electron chi connectivity index (χ3n) is 2.55. The van der Waals surface area contributed by atoms with Gasteiger partial charge in [-0.05, 0) is 24.0 Å². The standard InChI is InChI=1S/C13H18N2O4/c1-13(2,3)6-7-19-12(16)9-4-5-10(14)11(8-9)15(17)18/h4-5,8H,6-7,14H2,1-3H3. The van der Waals surface area contributed by atoms with Gasteiger partial charge in [-0.1, -0.05) is 20.8 Å². The molecule has 0 unspecified atom stereocenters. The molecule has 6 heteroatoms. The summed E-state index contributed by atoms with van der Waals surface area (Å²) in [7, 11) is 0. The monoisotopic (exact) mass is 266 g/mol. The molecule has 0 aliphatic carbocycles. The second-order valence-electron chi connectivity index (χ2n) is 5.48. The summed E-state index contributed by atoms with van der Waals surface area (Å²) < 4.78 is 5.08. The van der Waals surface area contributed by atoms with Gasteiger partial charge in [0.25, 0.3) is 5.69 Å². The minimum atomic E-state index is -0.624. The van der Waals surface area contributed by atoms with E-state index in [2.05, 4.69) is 0 Å². The lowest BCUT2D eigenvalue weighted by Gasteiger charge is -2.17. The van der Waals surface area contributed by atoms with Crippen LogP contribution in [0, 0.1) is 15.5 Å². The van der Waals surface area contributed by atoms with E-state index in [1.807, 2.05) is 20.8 Å². The summed E-state index contributed by atoms with van der Waals surface area (Å²) in [5.41, 5.74) is 5.39. The minimum absolute atomic E-state index is 0.0243. The van der Waals surface area contributed by atoms with Gasteiger partial charge >= 0.3 is 5.97 Å². The third kappa shape index (κ3) is 4.57. The lowest BCUT2D eigenvalue weighted by molar-refractivity contribution is -0.383. The molecule has 0 heterocycles. The molecule has 0 aromatic heterocycles. The molecule has 0 saturated carbocycles. The van der Waals surface area contributed by atoms with E-state index in [0.29, 0.717) is 0 Å². The predicted molar refractivity (Wildman–Crippen MR) is 71.9 cm³/mol. The molecular formula is C13H18N2O4. The van der Waals surface area contributed by atoms with E-state index < -0.39 is 10.9 Å². The summed E-state index contributed by atoms with van der Waals surface area (Å²) in [5, 5.41) is 10.7. The van der Waals surface area contributed by atoms with Crippen LogP contribution in [0.5, 0.6) is 0 Å². The van der Waals surface area contributed by atoms with Gasteiger partial charge in [0.15, 0.2) is 0 Å². The molecule has 0 radical (unpaired) electrons. The van der Waals surface area contributed by atoms with Gasteiger partial charge < -0.3 is 10.5 Å². The first kappa shape index (κ1) is 14.9. The summed E-state index contributed by atoms with van der Waals surface area (Å²) in [6, 6.07) is 3.88. The fourth-order valence-electron chi connectivity index (χ4n) is 1.36. The van der Waals surface area contributed by atoms with Crippen molar-refractivity contribution >= 4 is 17.3 Å². The van der Waals surface area contributed by atoms with Crippen LogP contribution in [0.25, 0.3) is 0 Å². The largest absolute Gasteiger partial charge is 0.462 e. The highest BCUT2D eigenvalue weighted by Gasteiger charge is 2.17. The SMILES string of the molecule is CC(C)(C)CCOC(=O)c1ccc(N)c([N+](=O)[O-])c1. The maximum atomic E-state index is 11.7. The van der Waals surface area contributed by atoms with Gasteiger partial charge in [-0.25, -0.2) is 4.79 Å². The first-order valence-corrected chi connectivity index (χ1v) is 5.92. The number of nitrogens with two attached hydrogens (primary N) is 1. The molecule has 0 aliphatic rings. The van der Waals surface area contributed by atoms with Crippen LogP contribution in [-0.2, 0) is 4.74 Å². The van der Waals surface area contributed by atoms with Crippen LogP contribution < -0.4 is 5.73 Å². The van der Waals surface area contributed by atoms with Crippen LogP contribution in [0.15, 0.2) is 18.2 Å². The summed E-state index contributed by atoms with van der Waals surface area (Å²) in [5.74, 6) is -0.577. The van der Waals surface area contributed by atoms with Gasteiger partial charge in [0.05, 0.1) is 17.1 Å². The minimum Gasteiger partial charge on any atom is -0.462 e. The fourth-order valence-corrected chi connectivity index (χ4v) is 1.36. The highest BCUT2D eigenvalue weighted by molar-refractivity contribution is 5.91. The van der Waals surface area contributed by atoms with E-state index in [1.54, 1.807) is 0 Å². The number of nitrogen functional groups attached to an aromatic ring is 1. The molecule has 0 bridgehead atoms. The lowest BCUT2D eigenvalue weighted by Crippen LogP contribution is -2.13. The van der Waals surface area contributed by atoms with E-state index in [-0.39, 0.29) is 29.0 Å². The predicted octanol–water partition coefficient (Wildman–Crippen LogP) is 2.77. The van der Waals surface area contributed by atoms with Crippen molar-refractivity contribution in [1.82, 2.24) is 0 Å². The molecule has 2 N–H and O–H groups in total. The first-order valence-electron chi connectivity index (χ1n) is 5.92. The van der Waals surface area contributed by atoms with Crippen molar-refractivity contribution in [1.29, 1.82) is 0 Å². The van der Waals surface area contributed by atoms with Crippen LogP contribution in [0.4, 0.5) is 11.4 Å². The third-order valence-corrected chi connectivity index (χ3v) is 2.55. The van der Waals surface area contributed by atoms with Crippen molar-refractivity contribution < 1.29 is 14.5 Å². The van der Waals surface area contributed by atoms with E-state index in [4.69, 9.17) is 10.5 Å². The van der Waals surface area contributed by atoms with Crippen LogP contribution >= 0.6 is 0 Å². The van der Waals surface area contributed by atoms with Gasteiger partial charge in [0, 0.05) is 6.07 Å².